The zero-order valence-electron chi connectivity index (χ0n) is 8.72. The van der Waals surface area contributed by atoms with Gasteiger partial charge in [-0.15, -0.1) is 11.6 Å². The maximum Gasteiger partial charge on any atom is 0.151 e. The molecule has 0 amide bonds. The molecule has 0 atom stereocenters. The van der Waals surface area contributed by atoms with Crippen molar-refractivity contribution in [3.8, 4) is 0 Å². The summed E-state index contributed by atoms with van der Waals surface area (Å²) in [6.07, 6.45) is 1.40. The summed E-state index contributed by atoms with van der Waals surface area (Å²) in [5.74, 6) is 0.180. The number of carbonyl (C=O) groups excluding carboxylic acids is 1. The van der Waals surface area contributed by atoms with E-state index in [-0.39, 0.29) is 11.7 Å². The van der Waals surface area contributed by atoms with Gasteiger partial charge in [-0.2, -0.15) is 0 Å². The van der Waals surface area contributed by atoms with E-state index in [1.165, 1.54) is 11.1 Å². The Morgan fingerprint density at radius 1 is 1.40 bits per heavy atom. The SMILES string of the molecule is CCc1ccc(CBr)cc1CC(=O)CCl. The van der Waals surface area contributed by atoms with Gasteiger partial charge >= 0.3 is 0 Å². The van der Waals surface area contributed by atoms with Gasteiger partial charge in [0.25, 0.3) is 0 Å². The Morgan fingerprint density at radius 2 is 2.13 bits per heavy atom. The van der Waals surface area contributed by atoms with Crippen LogP contribution in [0.5, 0.6) is 0 Å². The molecule has 1 nitrogen and oxygen atoms in total. The van der Waals surface area contributed by atoms with Gasteiger partial charge < -0.3 is 0 Å². The maximum atomic E-state index is 11.3. The van der Waals surface area contributed by atoms with Crippen molar-refractivity contribution in [2.45, 2.75) is 25.1 Å². The number of ketones is 1. The highest BCUT2D eigenvalue weighted by Crippen LogP contribution is 2.16. The van der Waals surface area contributed by atoms with Gasteiger partial charge in [-0.05, 0) is 23.1 Å². The van der Waals surface area contributed by atoms with Crippen LogP contribution in [-0.4, -0.2) is 11.7 Å². The van der Waals surface area contributed by atoms with E-state index >= 15 is 0 Å². The second-order valence-corrected chi connectivity index (χ2v) is 4.27. The Labute approximate surface area is 104 Å². The van der Waals surface area contributed by atoms with Gasteiger partial charge in [-0.25, -0.2) is 0 Å². The number of halogens is 2. The molecule has 3 heteroatoms. The van der Waals surface area contributed by atoms with Crippen molar-refractivity contribution in [3.05, 3.63) is 34.9 Å². The molecule has 0 aliphatic heterocycles. The van der Waals surface area contributed by atoms with Crippen LogP contribution in [0, 0.1) is 0 Å². The third-order valence-electron chi connectivity index (χ3n) is 2.34. The van der Waals surface area contributed by atoms with Crippen molar-refractivity contribution in [3.63, 3.8) is 0 Å². The first-order valence-electron chi connectivity index (χ1n) is 4.95. The van der Waals surface area contributed by atoms with E-state index in [2.05, 4.69) is 41.1 Å². The molecule has 82 valence electrons. The van der Waals surface area contributed by atoms with Crippen LogP contribution in [0.15, 0.2) is 18.2 Å². The van der Waals surface area contributed by atoms with E-state index in [0.717, 1.165) is 17.3 Å². The van der Waals surface area contributed by atoms with Gasteiger partial charge in [-0.3, -0.25) is 4.79 Å². The number of aryl methyl sites for hydroxylation is 1. The standard InChI is InChI=1S/C12H14BrClO/c1-2-10-4-3-9(7-13)5-11(10)6-12(15)8-14/h3-5H,2,6-8H2,1H3. The summed E-state index contributed by atoms with van der Waals surface area (Å²) in [6, 6.07) is 6.26. The van der Waals surface area contributed by atoms with Crippen molar-refractivity contribution in [1.29, 1.82) is 0 Å². The Balaban J connectivity index is 2.95. The lowest BCUT2D eigenvalue weighted by Gasteiger charge is -2.08. The predicted octanol–water partition coefficient (Wildman–Crippen LogP) is 3.49. The van der Waals surface area contributed by atoms with E-state index in [1.807, 2.05) is 0 Å². The minimum absolute atomic E-state index is 0.0816. The Kier molecular flexibility index (Phi) is 5.34. The molecule has 0 heterocycles. The van der Waals surface area contributed by atoms with Crippen LogP contribution >= 0.6 is 27.5 Å². The molecule has 0 aliphatic rings. The summed E-state index contributed by atoms with van der Waals surface area (Å²) < 4.78 is 0. The molecular formula is C12H14BrClO. The van der Waals surface area contributed by atoms with Crippen molar-refractivity contribution < 1.29 is 4.79 Å². The number of rotatable bonds is 5. The van der Waals surface area contributed by atoms with Crippen LogP contribution in [0.3, 0.4) is 0 Å². The second-order valence-electron chi connectivity index (χ2n) is 3.44. The fourth-order valence-electron chi connectivity index (χ4n) is 1.53. The minimum Gasteiger partial charge on any atom is -0.298 e. The summed E-state index contributed by atoms with van der Waals surface area (Å²) in [4.78, 5) is 11.3. The molecule has 0 bridgehead atoms. The van der Waals surface area contributed by atoms with Gasteiger partial charge in [0, 0.05) is 11.8 Å². The van der Waals surface area contributed by atoms with Crippen molar-refractivity contribution in [1.82, 2.24) is 0 Å². The molecule has 1 aromatic carbocycles. The van der Waals surface area contributed by atoms with Gasteiger partial charge in [0.15, 0.2) is 5.78 Å². The van der Waals surface area contributed by atoms with E-state index < -0.39 is 0 Å². The van der Waals surface area contributed by atoms with Crippen LogP contribution in [0.1, 0.15) is 23.6 Å². The summed E-state index contributed by atoms with van der Waals surface area (Å²) in [7, 11) is 0. The highest BCUT2D eigenvalue weighted by Gasteiger charge is 2.07. The van der Waals surface area contributed by atoms with Crippen LogP contribution in [0.2, 0.25) is 0 Å². The molecule has 0 saturated heterocycles. The lowest BCUT2D eigenvalue weighted by molar-refractivity contribution is -0.116. The van der Waals surface area contributed by atoms with Crippen molar-refractivity contribution >= 4 is 33.3 Å². The number of hydrogen-bond donors (Lipinski definition) is 0. The third-order valence-corrected chi connectivity index (χ3v) is 3.29. The lowest BCUT2D eigenvalue weighted by Crippen LogP contribution is -2.06. The van der Waals surface area contributed by atoms with Gasteiger partial charge in [0.2, 0.25) is 0 Å². The smallest absolute Gasteiger partial charge is 0.151 e. The molecular weight excluding hydrogens is 275 g/mol. The second kappa shape index (κ2) is 6.29. The van der Waals surface area contributed by atoms with E-state index in [0.29, 0.717) is 6.42 Å². The van der Waals surface area contributed by atoms with E-state index in [4.69, 9.17) is 11.6 Å². The first kappa shape index (κ1) is 12.7. The highest BCUT2D eigenvalue weighted by molar-refractivity contribution is 9.08. The Bertz CT molecular complexity index is 349. The molecule has 0 radical (unpaired) electrons. The average Bonchev–Trinajstić information content (AvgIpc) is 2.28. The number of hydrogen-bond acceptors (Lipinski definition) is 1. The fraction of sp³-hybridized carbons (Fsp3) is 0.417. The molecule has 15 heavy (non-hydrogen) atoms. The first-order valence-corrected chi connectivity index (χ1v) is 6.61. The van der Waals surface area contributed by atoms with E-state index in [1.54, 1.807) is 0 Å². The predicted molar refractivity (Wildman–Crippen MR) is 67.9 cm³/mol. The zero-order chi connectivity index (χ0) is 11.3. The summed E-state index contributed by atoms with van der Waals surface area (Å²) in [5.41, 5.74) is 3.54. The average molecular weight is 290 g/mol. The minimum atomic E-state index is 0.0816. The molecule has 0 aliphatic carbocycles. The molecule has 0 spiro atoms. The van der Waals surface area contributed by atoms with Crippen LogP contribution in [0.4, 0.5) is 0 Å². The van der Waals surface area contributed by atoms with Crippen LogP contribution in [0.25, 0.3) is 0 Å². The first-order chi connectivity index (χ1) is 7.21. The summed E-state index contributed by atoms with van der Waals surface area (Å²) in [6.45, 7) is 2.10. The lowest BCUT2D eigenvalue weighted by atomic mass is 9.99. The largest absolute Gasteiger partial charge is 0.298 e. The molecule has 1 aromatic rings. The normalized spacial score (nSPS) is 10.3. The molecule has 1 rings (SSSR count). The summed E-state index contributed by atoms with van der Waals surface area (Å²) in [5, 5.41) is 0.819. The van der Waals surface area contributed by atoms with Gasteiger partial charge in [0.05, 0.1) is 5.88 Å². The molecule has 0 N–H and O–H groups in total. The maximum absolute atomic E-state index is 11.3. The van der Waals surface area contributed by atoms with Crippen LogP contribution in [-0.2, 0) is 23.0 Å². The van der Waals surface area contributed by atoms with Crippen molar-refractivity contribution in [2.24, 2.45) is 0 Å². The molecule has 0 unspecified atom stereocenters. The third kappa shape index (κ3) is 3.62. The quantitative estimate of drug-likeness (QED) is 0.758. The summed E-state index contributed by atoms with van der Waals surface area (Å²) >= 11 is 8.92. The number of alkyl halides is 2. The zero-order valence-corrected chi connectivity index (χ0v) is 11.1. The van der Waals surface area contributed by atoms with Gasteiger partial charge in [-0.1, -0.05) is 41.1 Å². The van der Waals surface area contributed by atoms with Crippen molar-refractivity contribution in [2.75, 3.05) is 5.88 Å². The molecule has 0 saturated carbocycles. The number of Topliss-reactive ketones (excluding diaryl/α,β-unsaturated/α-hetero) is 1. The topological polar surface area (TPSA) is 17.1 Å². The highest BCUT2D eigenvalue weighted by atomic mass is 79.9. The monoisotopic (exact) mass is 288 g/mol. The van der Waals surface area contributed by atoms with E-state index in [9.17, 15) is 4.79 Å². The number of benzene rings is 1. The fourth-order valence-corrected chi connectivity index (χ4v) is 1.97. The molecule has 0 fully saturated rings. The van der Waals surface area contributed by atoms with Crippen LogP contribution < -0.4 is 0 Å². The Morgan fingerprint density at radius 3 is 2.67 bits per heavy atom. The van der Waals surface area contributed by atoms with Gasteiger partial charge in [0.1, 0.15) is 0 Å². The Hall–Kier alpha value is -0.340. The molecule has 0 aromatic heterocycles. The number of carbonyl (C=O) groups is 1.